The highest BCUT2D eigenvalue weighted by Crippen LogP contribution is 2.30. The minimum atomic E-state index is -0.0905. The molecule has 0 aromatic heterocycles. The Hall–Kier alpha value is -2.36. The minimum absolute atomic E-state index is 0.0698. The largest absolute Gasteiger partial charge is 0.347 e. The molecule has 4 rings (SSSR count). The van der Waals surface area contributed by atoms with E-state index in [9.17, 15) is 9.59 Å². The van der Waals surface area contributed by atoms with E-state index in [0.717, 1.165) is 23.6 Å². The summed E-state index contributed by atoms with van der Waals surface area (Å²) < 4.78 is 0. The molecule has 2 aliphatic rings. The summed E-state index contributed by atoms with van der Waals surface area (Å²) in [5, 5.41) is 5.03. The van der Waals surface area contributed by atoms with Gasteiger partial charge in [-0.15, -0.1) is 0 Å². The molecule has 1 aliphatic heterocycles. The van der Waals surface area contributed by atoms with E-state index < -0.39 is 0 Å². The zero-order chi connectivity index (χ0) is 15.1. The van der Waals surface area contributed by atoms with Gasteiger partial charge in [0.05, 0.1) is 6.04 Å². The second kappa shape index (κ2) is 5.13. The molecule has 1 N–H and O–H groups in total. The molecule has 0 spiro atoms. The number of likely N-dealkylation sites (tertiary alicyclic amines) is 1. The summed E-state index contributed by atoms with van der Waals surface area (Å²) in [6, 6.07) is 14.0. The van der Waals surface area contributed by atoms with Gasteiger partial charge in [0.2, 0.25) is 5.91 Å². The Morgan fingerprint density at radius 1 is 1.09 bits per heavy atom. The van der Waals surface area contributed by atoms with Crippen molar-refractivity contribution >= 4 is 22.6 Å². The standard InChI is InChI=1S/C18H18N2O2/c21-17-10-13(11-20(17)14-8-9-14)19-18(22)16-7-3-5-12-4-1-2-6-15(12)16/h1-7,13-14H,8-11H2,(H,19,22)/t13-/m1/s1. The lowest BCUT2D eigenvalue weighted by atomic mass is 10.0. The highest BCUT2D eigenvalue weighted by Gasteiger charge is 2.39. The van der Waals surface area contributed by atoms with Gasteiger partial charge < -0.3 is 10.2 Å². The summed E-state index contributed by atoms with van der Waals surface area (Å²) in [6.07, 6.45) is 2.64. The average molecular weight is 294 g/mol. The molecule has 0 unspecified atom stereocenters. The maximum absolute atomic E-state index is 12.6. The number of carbonyl (C=O) groups excluding carboxylic acids is 2. The third-order valence-electron chi connectivity index (χ3n) is 4.52. The van der Waals surface area contributed by atoms with Crippen molar-refractivity contribution in [3.8, 4) is 0 Å². The fourth-order valence-corrected chi connectivity index (χ4v) is 3.25. The van der Waals surface area contributed by atoms with Crippen LogP contribution in [-0.2, 0) is 4.79 Å². The highest BCUT2D eigenvalue weighted by atomic mass is 16.2. The minimum Gasteiger partial charge on any atom is -0.347 e. The van der Waals surface area contributed by atoms with Crippen LogP contribution in [0.4, 0.5) is 0 Å². The van der Waals surface area contributed by atoms with E-state index in [-0.39, 0.29) is 17.9 Å². The number of nitrogens with one attached hydrogen (secondary N) is 1. The molecule has 1 saturated heterocycles. The fraction of sp³-hybridized carbons (Fsp3) is 0.333. The van der Waals surface area contributed by atoms with Crippen molar-refractivity contribution < 1.29 is 9.59 Å². The van der Waals surface area contributed by atoms with Crippen LogP contribution in [-0.4, -0.2) is 35.3 Å². The molecule has 0 radical (unpaired) electrons. The fourth-order valence-electron chi connectivity index (χ4n) is 3.25. The van der Waals surface area contributed by atoms with Gasteiger partial charge in [-0.25, -0.2) is 0 Å². The first-order chi connectivity index (χ1) is 10.7. The predicted octanol–water partition coefficient (Wildman–Crippen LogP) is 2.33. The Morgan fingerprint density at radius 2 is 1.86 bits per heavy atom. The number of amides is 2. The van der Waals surface area contributed by atoms with Gasteiger partial charge in [0.1, 0.15) is 0 Å². The normalized spacial score (nSPS) is 21.4. The van der Waals surface area contributed by atoms with Crippen molar-refractivity contribution in [2.45, 2.75) is 31.3 Å². The second-order valence-corrected chi connectivity index (χ2v) is 6.18. The van der Waals surface area contributed by atoms with E-state index in [1.165, 1.54) is 0 Å². The summed E-state index contributed by atoms with van der Waals surface area (Å²) in [7, 11) is 0. The van der Waals surface area contributed by atoms with Gasteiger partial charge in [-0.05, 0) is 29.7 Å². The van der Waals surface area contributed by atoms with E-state index in [4.69, 9.17) is 0 Å². The smallest absolute Gasteiger partial charge is 0.252 e. The summed E-state index contributed by atoms with van der Waals surface area (Å²) in [6.45, 7) is 0.653. The molecule has 1 heterocycles. The van der Waals surface area contributed by atoms with Crippen LogP contribution in [0.5, 0.6) is 0 Å². The Labute approximate surface area is 129 Å². The van der Waals surface area contributed by atoms with Gasteiger partial charge in [0.25, 0.3) is 5.91 Å². The van der Waals surface area contributed by atoms with E-state index in [0.29, 0.717) is 24.6 Å². The van der Waals surface area contributed by atoms with Gasteiger partial charge in [-0.1, -0.05) is 36.4 Å². The molecule has 112 valence electrons. The lowest BCUT2D eigenvalue weighted by Crippen LogP contribution is -2.37. The molecule has 2 fully saturated rings. The van der Waals surface area contributed by atoms with Crippen LogP contribution in [0.2, 0.25) is 0 Å². The summed E-state index contributed by atoms with van der Waals surface area (Å²) in [4.78, 5) is 26.5. The summed E-state index contributed by atoms with van der Waals surface area (Å²) >= 11 is 0. The van der Waals surface area contributed by atoms with Crippen LogP contribution in [0.15, 0.2) is 42.5 Å². The Kier molecular flexibility index (Phi) is 3.10. The van der Waals surface area contributed by atoms with Crippen molar-refractivity contribution in [3.63, 3.8) is 0 Å². The number of hydrogen-bond acceptors (Lipinski definition) is 2. The first-order valence-electron chi connectivity index (χ1n) is 7.80. The monoisotopic (exact) mass is 294 g/mol. The molecule has 4 heteroatoms. The number of benzene rings is 2. The van der Waals surface area contributed by atoms with Crippen molar-refractivity contribution in [2.24, 2.45) is 0 Å². The van der Waals surface area contributed by atoms with Gasteiger partial charge in [0.15, 0.2) is 0 Å². The first kappa shape index (κ1) is 13.3. The highest BCUT2D eigenvalue weighted by molar-refractivity contribution is 6.07. The van der Waals surface area contributed by atoms with Crippen molar-refractivity contribution in [1.82, 2.24) is 10.2 Å². The lowest BCUT2D eigenvalue weighted by molar-refractivity contribution is -0.128. The van der Waals surface area contributed by atoms with E-state index in [1.54, 1.807) is 0 Å². The van der Waals surface area contributed by atoms with E-state index in [2.05, 4.69) is 5.32 Å². The number of fused-ring (bicyclic) bond motifs is 1. The van der Waals surface area contributed by atoms with Crippen LogP contribution in [0.1, 0.15) is 29.6 Å². The Balaban J connectivity index is 1.53. The maximum Gasteiger partial charge on any atom is 0.252 e. The Morgan fingerprint density at radius 3 is 2.68 bits per heavy atom. The van der Waals surface area contributed by atoms with Crippen LogP contribution in [0.3, 0.4) is 0 Å². The zero-order valence-electron chi connectivity index (χ0n) is 12.3. The zero-order valence-corrected chi connectivity index (χ0v) is 12.3. The van der Waals surface area contributed by atoms with Gasteiger partial charge in [-0.3, -0.25) is 9.59 Å². The Bertz CT molecular complexity index is 746. The number of nitrogens with zero attached hydrogens (tertiary/aromatic N) is 1. The third kappa shape index (κ3) is 2.34. The molecule has 22 heavy (non-hydrogen) atoms. The first-order valence-corrected chi connectivity index (χ1v) is 7.80. The quantitative estimate of drug-likeness (QED) is 0.944. The SMILES string of the molecule is O=C(N[C@@H]1CC(=O)N(C2CC2)C1)c1cccc2ccccc12. The van der Waals surface area contributed by atoms with Crippen LogP contribution < -0.4 is 5.32 Å². The lowest BCUT2D eigenvalue weighted by Gasteiger charge is -2.16. The molecule has 2 aromatic rings. The molecule has 1 atom stereocenters. The summed E-state index contributed by atoms with van der Waals surface area (Å²) in [5.74, 6) is 0.0815. The molecule has 1 aliphatic carbocycles. The number of rotatable bonds is 3. The predicted molar refractivity (Wildman–Crippen MR) is 84.6 cm³/mol. The number of hydrogen-bond donors (Lipinski definition) is 1. The second-order valence-electron chi connectivity index (χ2n) is 6.18. The molecule has 2 aromatic carbocycles. The molecular formula is C18H18N2O2. The molecular weight excluding hydrogens is 276 g/mol. The van der Waals surface area contributed by atoms with Crippen molar-refractivity contribution in [2.75, 3.05) is 6.54 Å². The topological polar surface area (TPSA) is 49.4 Å². The van der Waals surface area contributed by atoms with Crippen LogP contribution >= 0.6 is 0 Å². The number of carbonyl (C=O) groups is 2. The van der Waals surface area contributed by atoms with Crippen molar-refractivity contribution in [1.29, 1.82) is 0 Å². The molecule has 2 amide bonds. The van der Waals surface area contributed by atoms with Crippen LogP contribution in [0, 0.1) is 0 Å². The molecule has 1 saturated carbocycles. The van der Waals surface area contributed by atoms with Gasteiger partial charge >= 0.3 is 0 Å². The van der Waals surface area contributed by atoms with Gasteiger partial charge in [0, 0.05) is 24.6 Å². The van der Waals surface area contributed by atoms with E-state index >= 15 is 0 Å². The third-order valence-corrected chi connectivity index (χ3v) is 4.52. The van der Waals surface area contributed by atoms with Gasteiger partial charge in [-0.2, -0.15) is 0 Å². The molecule has 4 nitrogen and oxygen atoms in total. The van der Waals surface area contributed by atoms with E-state index in [1.807, 2.05) is 47.4 Å². The average Bonchev–Trinajstić information content (AvgIpc) is 3.31. The maximum atomic E-state index is 12.6. The molecule has 0 bridgehead atoms. The van der Waals surface area contributed by atoms with Crippen molar-refractivity contribution in [3.05, 3.63) is 48.0 Å². The summed E-state index contributed by atoms with van der Waals surface area (Å²) in [5.41, 5.74) is 0.676. The van der Waals surface area contributed by atoms with Crippen LogP contribution in [0.25, 0.3) is 10.8 Å².